The highest BCUT2D eigenvalue weighted by atomic mass is 35.5. The van der Waals surface area contributed by atoms with Gasteiger partial charge in [-0.25, -0.2) is 4.98 Å². The van der Waals surface area contributed by atoms with Crippen LogP contribution in [0.1, 0.15) is 36.0 Å². The van der Waals surface area contributed by atoms with Gasteiger partial charge in [-0.1, -0.05) is 37.6 Å². The predicted octanol–water partition coefficient (Wildman–Crippen LogP) is 4.68. The van der Waals surface area contributed by atoms with E-state index in [2.05, 4.69) is 41.7 Å². The Morgan fingerprint density at radius 1 is 1.19 bits per heavy atom. The summed E-state index contributed by atoms with van der Waals surface area (Å²) in [5, 5.41) is 7.69. The van der Waals surface area contributed by atoms with Crippen molar-refractivity contribution in [2.24, 2.45) is 5.92 Å². The Morgan fingerprint density at radius 3 is 2.48 bits per heavy atom. The molecule has 2 rings (SSSR count). The van der Waals surface area contributed by atoms with Crippen LogP contribution in [0.3, 0.4) is 0 Å². The summed E-state index contributed by atoms with van der Waals surface area (Å²) in [4.78, 5) is 4.60. The average molecular weight is 323 g/mol. The van der Waals surface area contributed by atoms with Gasteiger partial charge in [0.15, 0.2) is 0 Å². The van der Waals surface area contributed by atoms with Crippen LogP contribution in [0.5, 0.6) is 0 Å². The van der Waals surface area contributed by atoms with E-state index >= 15 is 0 Å². The smallest absolute Gasteiger partial charge is 0.0934 e. The van der Waals surface area contributed by atoms with Gasteiger partial charge in [-0.05, 0) is 37.1 Å². The number of hydrogen-bond acceptors (Lipinski definition) is 3. The molecule has 0 saturated carbocycles. The van der Waals surface area contributed by atoms with E-state index in [-0.39, 0.29) is 0 Å². The summed E-state index contributed by atoms with van der Waals surface area (Å²) in [6.45, 7) is 8.52. The van der Waals surface area contributed by atoms with E-state index in [0.29, 0.717) is 11.8 Å². The normalized spacial score (nSPS) is 12.8. The van der Waals surface area contributed by atoms with Crippen molar-refractivity contribution >= 4 is 22.9 Å². The van der Waals surface area contributed by atoms with Crippen LogP contribution in [-0.2, 0) is 6.42 Å². The fraction of sp³-hybridized carbons (Fsp3) is 0.471. The summed E-state index contributed by atoms with van der Waals surface area (Å²) < 4.78 is 0. The first kappa shape index (κ1) is 16.5. The minimum absolute atomic E-state index is 0.437. The summed E-state index contributed by atoms with van der Waals surface area (Å²) in [6, 6.07) is 8.20. The van der Waals surface area contributed by atoms with Gasteiger partial charge >= 0.3 is 0 Å². The number of aryl methyl sites for hydroxylation is 1. The molecule has 0 amide bonds. The second-order valence-corrected chi connectivity index (χ2v) is 7.27. The molecule has 0 aliphatic carbocycles. The van der Waals surface area contributed by atoms with E-state index in [1.165, 1.54) is 10.6 Å². The van der Waals surface area contributed by atoms with Gasteiger partial charge in [0.1, 0.15) is 0 Å². The third-order valence-corrected chi connectivity index (χ3v) is 4.61. The molecule has 0 radical (unpaired) electrons. The van der Waals surface area contributed by atoms with Gasteiger partial charge < -0.3 is 5.32 Å². The average Bonchev–Trinajstić information content (AvgIpc) is 2.84. The van der Waals surface area contributed by atoms with Crippen molar-refractivity contribution in [3.63, 3.8) is 0 Å². The number of benzene rings is 1. The summed E-state index contributed by atoms with van der Waals surface area (Å²) in [7, 11) is 0. The van der Waals surface area contributed by atoms with Gasteiger partial charge in [-0.15, -0.1) is 11.3 Å². The minimum Gasteiger partial charge on any atom is -0.316 e. The first-order chi connectivity index (χ1) is 10.0. The van der Waals surface area contributed by atoms with Crippen molar-refractivity contribution in [1.82, 2.24) is 10.3 Å². The zero-order valence-electron chi connectivity index (χ0n) is 12.9. The molecule has 1 aromatic carbocycles. The molecule has 0 aliphatic heterocycles. The highest BCUT2D eigenvalue weighted by Gasteiger charge is 2.14. The zero-order chi connectivity index (χ0) is 15.2. The van der Waals surface area contributed by atoms with E-state index in [0.717, 1.165) is 30.2 Å². The lowest BCUT2D eigenvalue weighted by Gasteiger charge is -2.18. The SMILES string of the molecule is Cc1csc(CC(CNCC(C)C)c2ccc(Cl)cc2)n1. The fourth-order valence-electron chi connectivity index (χ4n) is 2.30. The van der Waals surface area contributed by atoms with Crippen molar-refractivity contribution in [3.05, 3.63) is 50.9 Å². The Bertz CT molecular complexity index is 548. The standard InChI is InChI=1S/C17H23ClN2S/c1-12(2)9-19-10-15(8-17-20-13(3)11-21-17)14-4-6-16(18)7-5-14/h4-7,11-12,15,19H,8-10H2,1-3H3. The summed E-state index contributed by atoms with van der Waals surface area (Å²) in [5.74, 6) is 1.10. The maximum atomic E-state index is 6.00. The second-order valence-electron chi connectivity index (χ2n) is 5.89. The van der Waals surface area contributed by atoms with Crippen molar-refractivity contribution in [2.45, 2.75) is 33.1 Å². The van der Waals surface area contributed by atoms with E-state index in [1.807, 2.05) is 19.1 Å². The molecule has 0 fully saturated rings. The maximum Gasteiger partial charge on any atom is 0.0934 e. The highest BCUT2D eigenvalue weighted by Crippen LogP contribution is 2.24. The summed E-state index contributed by atoms with van der Waals surface area (Å²) in [6.07, 6.45) is 0.977. The van der Waals surface area contributed by atoms with Crippen LogP contribution in [-0.4, -0.2) is 18.1 Å². The molecule has 1 heterocycles. The molecule has 1 unspecified atom stereocenters. The van der Waals surface area contributed by atoms with Gasteiger partial charge in [0.2, 0.25) is 0 Å². The molecule has 2 nitrogen and oxygen atoms in total. The van der Waals surface area contributed by atoms with E-state index < -0.39 is 0 Å². The molecule has 4 heteroatoms. The summed E-state index contributed by atoms with van der Waals surface area (Å²) >= 11 is 7.75. The Balaban J connectivity index is 2.07. The van der Waals surface area contributed by atoms with E-state index in [9.17, 15) is 0 Å². The first-order valence-electron chi connectivity index (χ1n) is 7.41. The molecule has 21 heavy (non-hydrogen) atoms. The summed E-state index contributed by atoms with van der Waals surface area (Å²) in [5.41, 5.74) is 2.43. The molecule has 0 bridgehead atoms. The molecule has 2 aromatic rings. The minimum atomic E-state index is 0.437. The molecular weight excluding hydrogens is 300 g/mol. The Hall–Kier alpha value is -0.900. The van der Waals surface area contributed by atoms with Crippen LogP contribution >= 0.6 is 22.9 Å². The Kier molecular flexibility index (Phi) is 6.22. The molecule has 1 N–H and O–H groups in total. The monoisotopic (exact) mass is 322 g/mol. The number of aromatic nitrogens is 1. The number of halogens is 1. The number of nitrogens with one attached hydrogen (secondary N) is 1. The largest absolute Gasteiger partial charge is 0.316 e. The third kappa shape index (κ3) is 5.42. The topological polar surface area (TPSA) is 24.9 Å². The quantitative estimate of drug-likeness (QED) is 0.800. The lowest BCUT2D eigenvalue weighted by Crippen LogP contribution is -2.26. The first-order valence-corrected chi connectivity index (χ1v) is 8.67. The van der Waals surface area contributed by atoms with Gasteiger partial charge in [0.05, 0.1) is 5.01 Å². The van der Waals surface area contributed by atoms with Crippen LogP contribution in [0.4, 0.5) is 0 Å². The zero-order valence-corrected chi connectivity index (χ0v) is 14.5. The van der Waals surface area contributed by atoms with Crippen molar-refractivity contribution in [1.29, 1.82) is 0 Å². The van der Waals surface area contributed by atoms with Crippen LogP contribution in [0, 0.1) is 12.8 Å². The van der Waals surface area contributed by atoms with E-state index in [4.69, 9.17) is 11.6 Å². The predicted molar refractivity (Wildman–Crippen MR) is 92.5 cm³/mol. The Morgan fingerprint density at radius 2 is 1.90 bits per heavy atom. The lowest BCUT2D eigenvalue weighted by atomic mass is 9.95. The van der Waals surface area contributed by atoms with Crippen LogP contribution in [0.25, 0.3) is 0 Å². The lowest BCUT2D eigenvalue weighted by molar-refractivity contribution is 0.513. The number of nitrogens with zero attached hydrogens (tertiary/aromatic N) is 1. The molecule has 114 valence electrons. The number of hydrogen-bond donors (Lipinski definition) is 1. The van der Waals surface area contributed by atoms with Crippen molar-refractivity contribution < 1.29 is 0 Å². The molecule has 1 atom stereocenters. The van der Waals surface area contributed by atoms with Gasteiger partial charge in [-0.3, -0.25) is 0 Å². The fourth-order valence-corrected chi connectivity index (χ4v) is 3.28. The molecular formula is C17H23ClN2S. The van der Waals surface area contributed by atoms with Gasteiger partial charge in [-0.2, -0.15) is 0 Å². The van der Waals surface area contributed by atoms with Crippen LogP contribution < -0.4 is 5.32 Å². The molecule has 0 saturated heterocycles. The molecule has 0 spiro atoms. The highest BCUT2D eigenvalue weighted by molar-refractivity contribution is 7.09. The van der Waals surface area contributed by atoms with Crippen molar-refractivity contribution in [3.8, 4) is 0 Å². The maximum absolute atomic E-state index is 6.00. The number of thiazole rings is 1. The number of rotatable bonds is 7. The van der Waals surface area contributed by atoms with Gasteiger partial charge in [0, 0.05) is 35.0 Å². The second kappa shape index (κ2) is 7.92. The Labute approximate surface area is 136 Å². The van der Waals surface area contributed by atoms with E-state index in [1.54, 1.807) is 11.3 Å². The van der Waals surface area contributed by atoms with Crippen LogP contribution in [0.15, 0.2) is 29.6 Å². The molecule has 0 aliphatic rings. The third-order valence-electron chi connectivity index (χ3n) is 3.37. The van der Waals surface area contributed by atoms with Crippen LogP contribution in [0.2, 0.25) is 5.02 Å². The molecule has 1 aromatic heterocycles. The van der Waals surface area contributed by atoms with Crippen molar-refractivity contribution in [2.75, 3.05) is 13.1 Å². The van der Waals surface area contributed by atoms with Gasteiger partial charge in [0.25, 0.3) is 0 Å².